The van der Waals surface area contributed by atoms with Crippen LogP contribution in [0.25, 0.3) is 33.3 Å². The van der Waals surface area contributed by atoms with Gasteiger partial charge in [0.1, 0.15) is 29.2 Å². The molecule has 0 radical (unpaired) electrons. The van der Waals surface area contributed by atoms with Gasteiger partial charge in [0.25, 0.3) is 10.0 Å². The van der Waals surface area contributed by atoms with E-state index >= 15 is 0 Å². The third kappa shape index (κ3) is 6.31. The fraction of sp³-hybridized carbons (Fsp3) is 0.364. The van der Waals surface area contributed by atoms with Gasteiger partial charge in [0.15, 0.2) is 0 Å². The summed E-state index contributed by atoms with van der Waals surface area (Å²) in [6.07, 6.45) is 6.71. The van der Waals surface area contributed by atoms with Crippen LogP contribution in [0.5, 0.6) is 5.75 Å². The maximum absolute atomic E-state index is 13.6. The van der Waals surface area contributed by atoms with Crippen molar-refractivity contribution in [2.75, 3.05) is 24.0 Å². The number of nitrogens with one attached hydrogen (secondary N) is 1. The first-order valence-electron chi connectivity index (χ1n) is 15.4. The lowest BCUT2D eigenvalue weighted by Gasteiger charge is -2.43. The van der Waals surface area contributed by atoms with Gasteiger partial charge in [-0.2, -0.15) is 19.0 Å². The summed E-state index contributed by atoms with van der Waals surface area (Å²) in [5.74, 6) is -3.94. The lowest BCUT2D eigenvalue weighted by atomic mass is 9.87. The standard InChI is InChI=1S/C33H37F3N8O3S/c1-19(20-6-9-23(34)10-7-20)47-27-14-21(8-11-26(27)41-48(45,46)32(35)36)29-28-30(43(5)40-29)25(17-38-31(28)37)22-16-39-44(18-22)24-12-13-42(4)33(2,3)15-24/h6-11,14,16-19,24,32,41H,12-13,15H2,1-5H3,(H2,37,38)/t19-,24+/m0/s1. The number of piperidine rings is 1. The van der Waals surface area contributed by atoms with Gasteiger partial charge < -0.3 is 15.4 Å². The maximum atomic E-state index is 13.6. The van der Waals surface area contributed by atoms with Crippen molar-refractivity contribution in [2.45, 2.75) is 57.1 Å². The summed E-state index contributed by atoms with van der Waals surface area (Å²) in [6.45, 7) is 7.09. The molecule has 254 valence electrons. The second kappa shape index (κ2) is 12.4. The number of halogens is 3. The molecule has 11 nitrogen and oxygen atoms in total. The van der Waals surface area contributed by atoms with E-state index in [-0.39, 0.29) is 28.8 Å². The number of ether oxygens (including phenoxy) is 1. The van der Waals surface area contributed by atoms with Crippen LogP contribution in [0, 0.1) is 5.82 Å². The Morgan fingerprint density at radius 3 is 2.50 bits per heavy atom. The molecule has 3 aromatic heterocycles. The van der Waals surface area contributed by atoms with E-state index in [1.165, 1.54) is 42.5 Å². The van der Waals surface area contributed by atoms with Crippen LogP contribution in [0.1, 0.15) is 51.3 Å². The number of alkyl halides is 2. The summed E-state index contributed by atoms with van der Waals surface area (Å²) in [4.78, 5) is 6.84. The molecular weight excluding hydrogens is 645 g/mol. The third-order valence-corrected chi connectivity index (χ3v) is 10.1. The first-order chi connectivity index (χ1) is 22.6. The first-order valence-corrected chi connectivity index (χ1v) is 16.9. The van der Waals surface area contributed by atoms with E-state index in [0.29, 0.717) is 27.7 Å². The normalized spacial score (nSPS) is 17.6. The average Bonchev–Trinajstić information content (AvgIpc) is 3.66. The van der Waals surface area contributed by atoms with Crippen LogP contribution in [0.4, 0.5) is 24.7 Å². The number of nitrogens with zero attached hydrogens (tertiary/aromatic N) is 6. The third-order valence-electron chi connectivity index (χ3n) is 9.13. The van der Waals surface area contributed by atoms with E-state index < -0.39 is 27.7 Å². The van der Waals surface area contributed by atoms with Gasteiger partial charge in [-0.15, -0.1) is 0 Å². The predicted octanol–water partition coefficient (Wildman–Crippen LogP) is 6.37. The molecule has 1 aliphatic rings. The zero-order valence-electron chi connectivity index (χ0n) is 27.2. The number of rotatable bonds is 9. The number of nitrogen functional groups attached to an aromatic ring is 1. The molecule has 0 bridgehead atoms. The predicted molar refractivity (Wildman–Crippen MR) is 179 cm³/mol. The monoisotopic (exact) mass is 682 g/mol. The van der Waals surface area contributed by atoms with Crippen LogP contribution in [0.15, 0.2) is 61.1 Å². The highest BCUT2D eigenvalue weighted by Gasteiger charge is 2.34. The SMILES string of the molecule is C[C@H](Oc1cc(-c2nn(C)c3c(-c4cnn([C@@H]5CCN(C)C(C)(C)C5)c4)cnc(N)c23)ccc1NS(=O)(=O)C(F)F)c1ccc(F)cc1. The molecule has 48 heavy (non-hydrogen) atoms. The Morgan fingerprint density at radius 2 is 1.81 bits per heavy atom. The van der Waals surface area contributed by atoms with E-state index in [9.17, 15) is 21.6 Å². The van der Waals surface area contributed by atoms with Gasteiger partial charge in [-0.3, -0.25) is 14.1 Å². The molecule has 0 saturated carbocycles. The molecule has 4 heterocycles. The first kappa shape index (κ1) is 33.3. The van der Waals surface area contributed by atoms with Crippen LogP contribution in [0.2, 0.25) is 0 Å². The van der Waals surface area contributed by atoms with Crippen LogP contribution in [0.3, 0.4) is 0 Å². The van der Waals surface area contributed by atoms with Crippen LogP contribution in [-0.4, -0.2) is 62.8 Å². The Kier molecular flexibility index (Phi) is 8.62. The number of pyridine rings is 1. The number of benzene rings is 2. The second-order valence-corrected chi connectivity index (χ2v) is 14.4. The largest absolute Gasteiger partial charge is 0.484 e. The van der Waals surface area contributed by atoms with E-state index in [1.807, 2.05) is 15.6 Å². The van der Waals surface area contributed by atoms with E-state index in [2.05, 4.69) is 30.8 Å². The lowest BCUT2D eigenvalue weighted by molar-refractivity contribution is 0.0719. The highest BCUT2D eigenvalue weighted by atomic mass is 32.2. The summed E-state index contributed by atoms with van der Waals surface area (Å²) >= 11 is 0. The quantitative estimate of drug-likeness (QED) is 0.183. The Morgan fingerprint density at radius 1 is 1.08 bits per heavy atom. The fourth-order valence-corrected chi connectivity index (χ4v) is 6.74. The van der Waals surface area contributed by atoms with Crippen molar-refractivity contribution in [2.24, 2.45) is 7.05 Å². The van der Waals surface area contributed by atoms with Crippen LogP contribution >= 0.6 is 0 Å². The van der Waals surface area contributed by atoms with E-state index in [0.717, 1.165) is 30.5 Å². The van der Waals surface area contributed by atoms with E-state index in [1.54, 1.807) is 31.0 Å². The number of hydrogen-bond donors (Lipinski definition) is 2. The van der Waals surface area contributed by atoms with Crippen molar-refractivity contribution in [3.63, 3.8) is 0 Å². The number of aromatic nitrogens is 5. The van der Waals surface area contributed by atoms with Crippen LogP contribution < -0.4 is 15.2 Å². The molecule has 0 amide bonds. The van der Waals surface area contributed by atoms with Crippen molar-refractivity contribution in [1.82, 2.24) is 29.4 Å². The average molecular weight is 683 g/mol. The summed E-state index contributed by atoms with van der Waals surface area (Å²) in [6, 6.07) is 10.1. The van der Waals surface area contributed by atoms with Gasteiger partial charge in [-0.25, -0.2) is 17.8 Å². The second-order valence-electron chi connectivity index (χ2n) is 12.8. The van der Waals surface area contributed by atoms with Gasteiger partial charge in [0.2, 0.25) is 0 Å². The fourth-order valence-electron chi connectivity index (χ4n) is 6.17. The molecule has 1 aliphatic heterocycles. The van der Waals surface area contributed by atoms with Gasteiger partial charge >= 0.3 is 5.76 Å². The maximum Gasteiger partial charge on any atom is 0.355 e. The van der Waals surface area contributed by atoms with Crippen molar-refractivity contribution in [1.29, 1.82) is 0 Å². The van der Waals surface area contributed by atoms with Crippen molar-refractivity contribution >= 4 is 32.4 Å². The smallest absolute Gasteiger partial charge is 0.355 e. The van der Waals surface area contributed by atoms with Crippen LogP contribution in [-0.2, 0) is 17.1 Å². The number of aryl methyl sites for hydroxylation is 1. The Hall–Kier alpha value is -4.63. The summed E-state index contributed by atoms with van der Waals surface area (Å²) in [5.41, 5.74) is 10.1. The zero-order valence-corrected chi connectivity index (χ0v) is 28.0. The molecule has 5 aromatic rings. The number of likely N-dealkylation sites (tertiary alicyclic amines) is 1. The highest BCUT2D eigenvalue weighted by Crippen LogP contribution is 2.41. The summed E-state index contributed by atoms with van der Waals surface area (Å²) < 4.78 is 76.2. The summed E-state index contributed by atoms with van der Waals surface area (Å²) in [5, 5.41) is 10.0. The summed E-state index contributed by atoms with van der Waals surface area (Å²) in [7, 11) is -1.11. The number of anilines is 2. The molecule has 6 rings (SSSR count). The van der Waals surface area contributed by atoms with E-state index in [4.69, 9.17) is 20.7 Å². The number of nitrogens with two attached hydrogens (primary N) is 1. The Bertz CT molecular complexity index is 2080. The molecule has 0 aliphatic carbocycles. The molecular formula is C33H37F3N8O3S. The molecule has 15 heteroatoms. The molecule has 1 saturated heterocycles. The minimum Gasteiger partial charge on any atom is -0.484 e. The number of fused-ring (bicyclic) bond motifs is 1. The van der Waals surface area contributed by atoms with Gasteiger partial charge in [-0.1, -0.05) is 18.2 Å². The Balaban J connectivity index is 1.41. The number of sulfonamides is 1. The Labute approximate surface area is 276 Å². The molecule has 1 fully saturated rings. The molecule has 0 unspecified atom stereocenters. The molecule has 2 aromatic carbocycles. The van der Waals surface area contributed by atoms with Gasteiger partial charge in [0.05, 0.1) is 28.8 Å². The minimum absolute atomic E-state index is 0.0378. The topological polar surface area (TPSA) is 133 Å². The zero-order chi connectivity index (χ0) is 34.5. The van der Waals surface area contributed by atoms with Crippen molar-refractivity contribution in [3.8, 4) is 28.1 Å². The minimum atomic E-state index is -5.02. The molecule has 0 spiro atoms. The van der Waals surface area contributed by atoms with Gasteiger partial charge in [0, 0.05) is 48.2 Å². The lowest BCUT2D eigenvalue weighted by Crippen LogP contribution is -2.47. The van der Waals surface area contributed by atoms with Crippen molar-refractivity contribution < 1.29 is 26.3 Å². The van der Waals surface area contributed by atoms with Crippen molar-refractivity contribution in [3.05, 3.63) is 72.4 Å². The highest BCUT2D eigenvalue weighted by molar-refractivity contribution is 7.93. The van der Waals surface area contributed by atoms with Gasteiger partial charge in [-0.05, 0) is 70.5 Å². The molecule has 2 atom stereocenters. The number of hydrogen-bond acceptors (Lipinski definition) is 8. The molecule has 3 N–H and O–H groups in total.